The molecule has 170 valence electrons. The van der Waals surface area contributed by atoms with Crippen LogP contribution in [0.25, 0.3) is 0 Å². The number of aliphatic imine (C=N–C) groups is 1. The molecular weight excluding hydrogens is 394 g/mol. The summed E-state index contributed by atoms with van der Waals surface area (Å²) in [4.78, 5) is 32.5. The van der Waals surface area contributed by atoms with Gasteiger partial charge in [0.25, 0.3) is 0 Å². The fourth-order valence-electron chi connectivity index (χ4n) is 3.67. The number of likely N-dealkylation sites (tertiary alicyclic amines) is 2. The number of nitrogens with one attached hydrogen (secondary N) is 2. The lowest BCUT2D eigenvalue weighted by molar-refractivity contribution is -0.128. The molecule has 2 aliphatic rings. The van der Waals surface area contributed by atoms with Crippen molar-refractivity contribution in [2.24, 2.45) is 4.99 Å². The van der Waals surface area contributed by atoms with Crippen LogP contribution in [0, 0.1) is 0 Å². The molecule has 1 aromatic carbocycles. The first-order valence-corrected chi connectivity index (χ1v) is 11.1. The lowest BCUT2D eigenvalue weighted by Crippen LogP contribution is -2.63. The van der Waals surface area contributed by atoms with E-state index >= 15 is 0 Å². The Morgan fingerprint density at radius 2 is 1.94 bits per heavy atom. The Morgan fingerprint density at radius 3 is 2.55 bits per heavy atom. The predicted octanol–water partition coefficient (Wildman–Crippen LogP) is 2.48. The molecule has 2 heterocycles. The summed E-state index contributed by atoms with van der Waals surface area (Å²) < 4.78 is 5.41. The van der Waals surface area contributed by atoms with Crippen LogP contribution >= 0.6 is 0 Å². The highest BCUT2D eigenvalue weighted by Crippen LogP contribution is 2.18. The summed E-state index contributed by atoms with van der Waals surface area (Å²) in [5, 5.41) is 6.67. The van der Waals surface area contributed by atoms with E-state index in [0.29, 0.717) is 32.6 Å². The SMILES string of the molecule is CCNC(=NCc1ccccc1CN1CCCC1=O)NC1CN(C(=O)OC(C)(C)C)C1. The van der Waals surface area contributed by atoms with Gasteiger partial charge in [0.1, 0.15) is 5.60 Å². The van der Waals surface area contributed by atoms with Gasteiger partial charge in [-0.25, -0.2) is 9.79 Å². The van der Waals surface area contributed by atoms with Crippen molar-refractivity contribution in [3.05, 3.63) is 35.4 Å². The van der Waals surface area contributed by atoms with Crippen LogP contribution < -0.4 is 10.6 Å². The summed E-state index contributed by atoms with van der Waals surface area (Å²) in [6.07, 6.45) is 1.31. The standard InChI is InChI=1S/C23H35N5O3/c1-5-24-21(26-19-15-28(16-19)22(30)31-23(2,3)4)25-13-17-9-6-7-10-18(17)14-27-12-8-11-20(27)29/h6-7,9-10,19H,5,8,11-16H2,1-4H3,(H2,24,25,26). The third kappa shape index (κ3) is 6.60. The lowest BCUT2D eigenvalue weighted by atomic mass is 10.1. The van der Waals surface area contributed by atoms with Crippen LogP contribution in [0.15, 0.2) is 29.3 Å². The average Bonchev–Trinajstić information content (AvgIpc) is 3.06. The average molecular weight is 430 g/mol. The second-order valence-electron chi connectivity index (χ2n) is 9.11. The van der Waals surface area contributed by atoms with Gasteiger partial charge in [-0.05, 0) is 45.2 Å². The maximum Gasteiger partial charge on any atom is 0.410 e. The van der Waals surface area contributed by atoms with Crippen LogP contribution in [0.5, 0.6) is 0 Å². The van der Waals surface area contributed by atoms with Gasteiger partial charge in [0.2, 0.25) is 5.91 Å². The summed E-state index contributed by atoms with van der Waals surface area (Å²) in [6, 6.07) is 8.29. The predicted molar refractivity (Wildman–Crippen MR) is 121 cm³/mol. The molecule has 0 bridgehead atoms. The summed E-state index contributed by atoms with van der Waals surface area (Å²) in [7, 11) is 0. The van der Waals surface area contributed by atoms with E-state index in [-0.39, 0.29) is 18.0 Å². The molecule has 0 spiro atoms. The number of hydrogen-bond acceptors (Lipinski definition) is 4. The summed E-state index contributed by atoms with van der Waals surface area (Å²) in [5.74, 6) is 0.955. The van der Waals surface area contributed by atoms with Crippen molar-refractivity contribution in [3.63, 3.8) is 0 Å². The topological polar surface area (TPSA) is 86.3 Å². The number of hydrogen-bond donors (Lipinski definition) is 2. The number of amides is 2. The lowest BCUT2D eigenvalue weighted by Gasteiger charge is -2.40. The molecule has 31 heavy (non-hydrogen) atoms. The first-order valence-electron chi connectivity index (χ1n) is 11.1. The number of carbonyl (C=O) groups excluding carboxylic acids is 2. The molecule has 2 N–H and O–H groups in total. The monoisotopic (exact) mass is 429 g/mol. The number of benzene rings is 1. The van der Waals surface area contributed by atoms with Gasteiger partial charge in [0.15, 0.2) is 5.96 Å². The molecule has 1 aromatic rings. The van der Waals surface area contributed by atoms with Crippen molar-refractivity contribution in [1.82, 2.24) is 20.4 Å². The van der Waals surface area contributed by atoms with Crippen LogP contribution in [0.4, 0.5) is 4.79 Å². The van der Waals surface area contributed by atoms with E-state index in [1.807, 2.05) is 44.7 Å². The van der Waals surface area contributed by atoms with Gasteiger partial charge in [-0.1, -0.05) is 24.3 Å². The maximum absolute atomic E-state index is 12.1. The van der Waals surface area contributed by atoms with Crippen molar-refractivity contribution >= 4 is 18.0 Å². The van der Waals surface area contributed by atoms with E-state index in [1.54, 1.807) is 4.90 Å². The highest BCUT2D eigenvalue weighted by atomic mass is 16.6. The zero-order chi connectivity index (χ0) is 22.4. The van der Waals surface area contributed by atoms with Gasteiger partial charge in [-0.2, -0.15) is 0 Å². The first-order chi connectivity index (χ1) is 14.7. The Balaban J connectivity index is 1.56. The number of guanidine groups is 1. The van der Waals surface area contributed by atoms with E-state index in [1.165, 1.54) is 0 Å². The number of nitrogens with zero attached hydrogens (tertiary/aromatic N) is 3. The van der Waals surface area contributed by atoms with Gasteiger partial charge in [0, 0.05) is 39.1 Å². The fourth-order valence-corrected chi connectivity index (χ4v) is 3.67. The number of carbonyl (C=O) groups is 2. The molecule has 2 saturated heterocycles. The summed E-state index contributed by atoms with van der Waals surface area (Å²) >= 11 is 0. The Labute approximate surface area is 185 Å². The molecule has 0 atom stereocenters. The molecule has 0 radical (unpaired) electrons. The number of rotatable bonds is 6. The minimum absolute atomic E-state index is 0.141. The quantitative estimate of drug-likeness (QED) is 0.536. The zero-order valence-electron chi connectivity index (χ0n) is 19.1. The molecule has 2 amide bonds. The minimum atomic E-state index is -0.487. The number of ether oxygens (including phenoxy) is 1. The molecule has 2 fully saturated rings. The maximum atomic E-state index is 12.1. The van der Waals surface area contributed by atoms with Crippen molar-refractivity contribution in [2.45, 2.75) is 65.3 Å². The molecule has 0 aliphatic carbocycles. The second-order valence-corrected chi connectivity index (χ2v) is 9.11. The zero-order valence-corrected chi connectivity index (χ0v) is 19.1. The summed E-state index contributed by atoms with van der Waals surface area (Å²) in [5.41, 5.74) is 1.76. The van der Waals surface area contributed by atoms with E-state index < -0.39 is 5.60 Å². The highest BCUT2D eigenvalue weighted by molar-refractivity contribution is 5.81. The third-order valence-electron chi connectivity index (χ3n) is 5.28. The molecule has 0 aromatic heterocycles. The van der Waals surface area contributed by atoms with Crippen LogP contribution in [0.1, 0.15) is 51.7 Å². The van der Waals surface area contributed by atoms with Crippen molar-refractivity contribution in [2.75, 3.05) is 26.2 Å². The Morgan fingerprint density at radius 1 is 1.23 bits per heavy atom. The largest absolute Gasteiger partial charge is 0.444 e. The van der Waals surface area contributed by atoms with E-state index in [0.717, 1.165) is 36.6 Å². The van der Waals surface area contributed by atoms with E-state index in [2.05, 4.69) is 22.8 Å². The Kier molecular flexibility index (Phi) is 7.41. The van der Waals surface area contributed by atoms with Crippen molar-refractivity contribution in [3.8, 4) is 0 Å². The van der Waals surface area contributed by atoms with E-state index in [9.17, 15) is 9.59 Å². The highest BCUT2D eigenvalue weighted by Gasteiger charge is 2.34. The summed E-state index contributed by atoms with van der Waals surface area (Å²) in [6.45, 7) is 11.6. The van der Waals surface area contributed by atoms with Gasteiger partial charge < -0.3 is 25.2 Å². The fraction of sp³-hybridized carbons (Fsp3) is 0.609. The third-order valence-corrected chi connectivity index (χ3v) is 5.28. The molecular formula is C23H35N5O3. The molecule has 8 nitrogen and oxygen atoms in total. The van der Waals surface area contributed by atoms with Crippen LogP contribution in [-0.4, -0.2) is 65.6 Å². The Bertz CT molecular complexity index is 812. The first kappa shape index (κ1) is 22.9. The molecule has 0 unspecified atom stereocenters. The van der Waals surface area contributed by atoms with Gasteiger partial charge in [-0.15, -0.1) is 0 Å². The van der Waals surface area contributed by atoms with Gasteiger partial charge in [0.05, 0.1) is 12.6 Å². The minimum Gasteiger partial charge on any atom is -0.444 e. The Hall–Kier alpha value is -2.77. The smallest absolute Gasteiger partial charge is 0.410 e. The van der Waals surface area contributed by atoms with Crippen LogP contribution in [0.3, 0.4) is 0 Å². The molecule has 0 saturated carbocycles. The van der Waals surface area contributed by atoms with Gasteiger partial charge in [-0.3, -0.25) is 4.79 Å². The van der Waals surface area contributed by atoms with E-state index in [4.69, 9.17) is 9.73 Å². The molecule has 2 aliphatic heterocycles. The second kappa shape index (κ2) is 10.0. The normalized spacial score (nSPS) is 17.5. The van der Waals surface area contributed by atoms with Crippen LogP contribution in [-0.2, 0) is 22.6 Å². The van der Waals surface area contributed by atoms with Crippen LogP contribution in [0.2, 0.25) is 0 Å². The van der Waals surface area contributed by atoms with Crippen molar-refractivity contribution in [1.29, 1.82) is 0 Å². The molecule has 3 rings (SSSR count). The van der Waals surface area contributed by atoms with Gasteiger partial charge >= 0.3 is 6.09 Å². The van der Waals surface area contributed by atoms with Crippen molar-refractivity contribution < 1.29 is 14.3 Å². The molecule has 8 heteroatoms.